The Morgan fingerprint density at radius 2 is 1.90 bits per heavy atom. The molecule has 1 amide bonds. The van der Waals surface area contributed by atoms with E-state index in [2.05, 4.69) is 0 Å². The maximum atomic E-state index is 12.5. The number of benzene rings is 1. The van der Waals surface area contributed by atoms with Crippen molar-refractivity contribution < 1.29 is 14.3 Å². The van der Waals surface area contributed by atoms with Crippen LogP contribution in [0.4, 0.5) is 10.5 Å². The summed E-state index contributed by atoms with van der Waals surface area (Å²) in [6.45, 7) is 9.74. The number of hydrogen-bond donors (Lipinski definition) is 1. The van der Waals surface area contributed by atoms with Gasteiger partial charge >= 0.3 is 6.09 Å². The van der Waals surface area contributed by atoms with E-state index in [-0.39, 0.29) is 12.1 Å². The van der Waals surface area contributed by atoms with Gasteiger partial charge in [-0.2, -0.15) is 0 Å². The van der Waals surface area contributed by atoms with Crippen molar-refractivity contribution in [2.24, 2.45) is 0 Å². The predicted octanol–water partition coefficient (Wildman–Crippen LogP) is 3.31. The molecule has 0 unspecified atom stereocenters. The zero-order chi connectivity index (χ0) is 15.8. The van der Waals surface area contributed by atoms with E-state index < -0.39 is 11.3 Å². The molecule has 0 saturated carbocycles. The van der Waals surface area contributed by atoms with Gasteiger partial charge in [-0.25, -0.2) is 4.79 Å². The van der Waals surface area contributed by atoms with Crippen LogP contribution < -0.4 is 5.73 Å². The molecule has 1 aromatic carbocycles. The fourth-order valence-electron chi connectivity index (χ4n) is 2.42. The molecular weight excluding hydrogens is 268 g/mol. The van der Waals surface area contributed by atoms with Crippen molar-refractivity contribution in [2.45, 2.75) is 52.0 Å². The number of hydrogen-bond acceptors (Lipinski definition) is 4. The smallest absolute Gasteiger partial charge is 0.413 e. The van der Waals surface area contributed by atoms with E-state index in [0.717, 1.165) is 5.56 Å². The van der Waals surface area contributed by atoms with Crippen LogP contribution in [0.1, 0.15) is 46.2 Å². The van der Waals surface area contributed by atoms with Crippen LogP contribution in [0.3, 0.4) is 0 Å². The molecule has 1 saturated heterocycles. The summed E-state index contributed by atoms with van der Waals surface area (Å²) in [6, 6.07) is 7.32. The van der Waals surface area contributed by atoms with E-state index >= 15 is 0 Å². The first-order valence-electron chi connectivity index (χ1n) is 7.12. The molecule has 5 nitrogen and oxygen atoms in total. The Bertz CT molecular complexity index is 517. The van der Waals surface area contributed by atoms with Gasteiger partial charge in [0.2, 0.25) is 0 Å². The van der Waals surface area contributed by atoms with Crippen molar-refractivity contribution in [2.75, 3.05) is 12.3 Å². The van der Waals surface area contributed by atoms with Gasteiger partial charge in [-0.05, 0) is 52.3 Å². The number of nitrogens with two attached hydrogens (primary N) is 1. The third kappa shape index (κ3) is 3.47. The van der Waals surface area contributed by atoms with Crippen LogP contribution in [0.2, 0.25) is 0 Å². The number of amides is 1. The Morgan fingerprint density at radius 1 is 1.33 bits per heavy atom. The van der Waals surface area contributed by atoms with Gasteiger partial charge in [0, 0.05) is 5.69 Å². The van der Waals surface area contributed by atoms with Crippen molar-refractivity contribution in [3.63, 3.8) is 0 Å². The first kappa shape index (κ1) is 15.6. The molecule has 2 rings (SSSR count). The Kier molecular flexibility index (Phi) is 3.89. The number of rotatable bonds is 1. The molecule has 1 heterocycles. The highest BCUT2D eigenvalue weighted by Crippen LogP contribution is 2.38. The van der Waals surface area contributed by atoms with Crippen molar-refractivity contribution in [1.82, 2.24) is 4.90 Å². The summed E-state index contributed by atoms with van der Waals surface area (Å²) in [5.74, 6) is 0. The summed E-state index contributed by atoms with van der Waals surface area (Å²) in [6.07, 6.45) is -0.369. The Hall–Kier alpha value is -1.75. The van der Waals surface area contributed by atoms with Gasteiger partial charge in [-0.3, -0.25) is 4.90 Å². The highest BCUT2D eigenvalue weighted by Gasteiger charge is 2.46. The van der Waals surface area contributed by atoms with Crippen LogP contribution in [-0.2, 0) is 9.47 Å². The van der Waals surface area contributed by atoms with Gasteiger partial charge in [0.25, 0.3) is 0 Å². The van der Waals surface area contributed by atoms with Gasteiger partial charge in [-0.1, -0.05) is 12.1 Å². The third-order valence-electron chi connectivity index (χ3n) is 3.40. The third-order valence-corrected chi connectivity index (χ3v) is 3.40. The lowest BCUT2D eigenvalue weighted by Gasteiger charge is -2.35. The van der Waals surface area contributed by atoms with Gasteiger partial charge in [0.1, 0.15) is 11.3 Å². The molecule has 5 heteroatoms. The summed E-state index contributed by atoms with van der Waals surface area (Å²) in [5, 5.41) is 0. The maximum Gasteiger partial charge on any atom is 0.413 e. The van der Waals surface area contributed by atoms with Crippen LogP contribution >= 0.6 is 0 Å². The molecule has 0 bridgehead atoms. The normalized spacial score (nSPS) is 21.4. The fraction of sp³-hybridized carbons (Fsp3) is 0.562. The van der Waals surface area contributed by atoms with Crippen molar-refractivity contribution in [1.29, 1.82) is 0 Å². The molecule has 1 aromatic rings. The molecule has 1 aliphatic rings. The molecule has 21 heavy (non-hydrogen) atoms. The number of anilines is 1. The molecular formula is C16H24N2O3. The Labute approximate surface area is 126 Å². The van der Waals surface area contributed by atoms with Crippen LogP contribution in [0.15, 0.2) is 24.3 Å². The van der Waals surface area contributed by atoms with E-state index in [9.17, 15) is 4.79 Å². The first-order chi connectivity index (χ1) is 9.60. The van der Waals surface area contributed by atoms with E-state index in [1.54, 1.807) is 4.90 Å². The first-order valence-corrected chi connectivity index (χ1v) is 7.12. The Balaban J connectivity index is 2.28. The lowest BCUT2D eigenvalue weighted by atomic mass is 10.1. The molecule has 0 spiro atoms. The summed E-state index contributed by atoms with van der Waals surface area (Å²) in [5.41, 5.74) is 6.16. The lowest BCUT2D eigenvalue weighted by molar-refractivity contribution is -0.0626. The van der Waals surface area contributed by atoms with Crippen LogP contribution in [0.25, 0.3) is 0 Å². The van der Waals surface area contributed by atoms with E-state index in [1.165, 1.54) is 0 Å². The Morgan fingerprint density at radius 3 is 2.43 bits per heavy atom. The highest BCUT2D eigenvalue weighted by molar-refractivity contribution is 5.70. The minimum Gasteiger partial charge on any atom is -0.444 e. The molecule has 116 valence electrons. The molecule has 1 aliphatic heterocycles. The van der Waals surface area contributed by atoms with E-state index in [1.807, 2.05) is 58.9 Å². The second-order valence-corrected chi connectivity index (χ2v) is 6.79. The van der Waals surface area contributed by atoms with Gasteiger partial charge in [0.05, 0.1) is 12.6 Å². The number of nitrogen functional groups attached to an aromatic ring is 1. The molecule has 0 radical (unpaired) electrons. The van der Waals surface area contributed by atoms with Crippen molar-refractivity contribution in [3.05, 3.63) is 29.8 Å². The van der Waals surface area contributed by atoms with Crippen LogP contribution in [0.5, 0.6) is 0 Å². The summed E-state index contributed by atoms with van der Waals surface area (Å²) < 4.78 is 11.3. The average molecular weight is 292 g/mol. The van der Waals surface area contributed by atoms with Crippen molar-refractivity contribution >= 4 is 11.8 Å². The number of carbonyl (C=O) groups is 1. The zero-order valence-corrected chi connectivity index (χ0v) is 13.3. The van der Waals surface area contributed by atoms with Crippen LogP contribution in [-0.4, -0.2) is 28.9 Å². The quantitative estimate of drug-likeness (QED) is 0.806. The number of nitrogens with zero attached hydrogens (tertiary/aromatic N) is 1. The molecule has 1 atom stereocenters. The number of ether oxygens (including phenoxy) is 2. The monoisotopic (exact) mass is 292 g/mol. The molecule has 0 aromatic heterocycles. The average Bonchev–Trinajstić information content (AvgIpc) is 2.64. The molecule has 2 N–H and O–H groups in total. The van der Waals surface area contributed by atoms with Crippen LogP contribution in [0, 0.1) is 0 Å². The van der Waals surface area contributed by atoms with Gasteiger partial charge in [0.15, 0.2) is 0 Å². The SMILES string of the molecule is CC(C)(C)OC(=O)N1[C@@H](c2ccc(N)cc2)COC1(C)C. The topological polar surface area (TPSA) is 64.8 Å². The minimum atomic E-state index is -0.700. The second-order valence-electron chi connectivity index (χ2n) is 6.79. The number of carbonyl (C=O) groups excluding carboxylic acids is 1. The largest absolute Gasteiger partial charge is 0.444 e. The predicted molar refractivity (Wildman–Crippen MR) is 81.7 cm³/mol. The molecule has 1 fully saturated rings. The lowest BCUT2D eigenvalue weighted by Crippen LogP contribution is -2.47. The standard InChI is InChI=1S/C16H24N2O3/c1-15(2,3)21-14(19)18-13(10-20-16(18,4)5)11-6-8-12(17)9-7-11/h6-9,13H,10,17H2,1-5H3/t13-/m1/s1. The highest BCUT2D eigenvalue weighted by atomic mass is 16.6. The van der Waals surface area contributed by atoms with Gasteiger partial charge in [-0.15, -0.1) is 0 Å². The van der Waals surface area contributed by atoms with E-state index in [0.29, 0.717) is 12.3 Å². The van der Waals surface area contributed by atoms with Gasteiger partial charge < -0.3 is 15.2 Å². The van der Waals surface area contributed by atoms with Crippen molar-refractivity contribution in [3.8, 4) is 0 Å². The summed E-state index contributed by atoms with van der Waals surface area (Å²) in [4.78, 5) is 14.2. The minimum absolute atomic E-state index is 0.171. The van der Waals surface area contributed by atoms with E-state index in [4.69, 9.17) is 15.2 Å². The molecule has 0 aliphatic carbocycles. The summed E-state index contributed by atoms with van der Waals surface area (Å²) >= 11 is 0. The summed E-state index contributed by atoms with van der Waals surface area (Å²) in [7, 11) is 0. The zero-order valence-electron chi connectivity index (χ0n) is 13.3. The maximum absolute atomic E-state index is 12.5. The second kappa shape index (κ2) is 5.22. The fourth-order valence-corrected chi connectivity index (χ4v) is 2.42.